The van der Waals surface area contributed by atoms with Crippen LogP contribution in [0.2, 0.25) is 0 Å². The summed E-state index contributed by atoms with van der Waals surface area (Å²) in [6, 6.07) is 3.85. The number of imidazole rings is 1. The van der Waals surface area contributed by atoms with E-state index in [0.29, 0.717) is 5.82 Å². The molecule has 0 amide bonds. The lowest BCUT2D eigenvalue weighted by Crippen LogP contribution is -2.05. The molecule has 0 aliphatic carbocycles. The molecule has 0 saturated heterocycles. The van der Waals surface area contributed by atoms with E-state index in [1.165, 1.54) is 24.4 Å². The Balaban J connectivity index is 2.69. The lowest BCUT2D eigenvalue weighted by Gasteiger charge is -2.07. The Kier molecular flexibility index (Phi) is 2.85. The standard InChI is InChI=1S/C12H10N2O4/c1-14-5-4-13-10(14)9-6-7(11(15)16)2-3-8(9)12(17)18/h2-6H,1H3,(H,15,16)(H,17,18). The zero-order chi connectivity index (χ0) is 13.3. The lowest BCUT2D eigenvalue weighted by molar-refractivity contribution is 0.0682. The Morgan fingerprint density at radius 1 is 1.22 bits per heavy atom. The van der Waals surface area contributed by atoms with Gasteiger partial charge in [-0.15, -0.1) is 0 Å². The van der Waals surface area contributed by atoms with Crippen molar-refractivity contribution in [1.82, 2.24) is 9.55 Å². The van der Waals surface area contributed by atoms with Gasteiger partial charge in [-0.3, -0.25) is 0 Å². The van der Waals surface area contributed by atoms with E-state index in [0.717, 1.165) is 0 Å². The predicted octanol–water partition coefficient (Wildman–Crippen LogP) is 1.48. The van der Waals surface area contributed by atoms with Gasteiger partial charge in [0.05, 0.1) is 11.1 Å². The number of carbonyl (C=O) groups is 2. The molecule has 0 unspecified atom stereocenters. The molecule has 0 atom stereocenters. The van der Waals surface area contributed by atoms with Crippen LogP contribution in [-0.2, 0) is 7.05 Å². The largest absolute Gasteiger partial charge is 0.478 e. The number of hydrogen-bond donors (Lipinski definition) is 2. The Hall–Kier alpha value is -2.63. The van der Waals surface area contributed by atoms with E-state index in [1.807, 2.05) is 0 Å². The van der Waals surface area contributed by atoms with Gasteiger partial charge in [-0.1, -0.05) is 0 Å². The van der Waals surface area contributed by atoms with Gasteiger partial charge in [0.25, 0.3) is 0 Å². The summed E-state index contributed by atoms with van der Waals surface area (Å²) in [4.78, 5) is 26.1. The summed E-state index contributed by atoms with van der Waals surface area (Å²) in [7, 11) is 1.71. The third-order valence-electron chi connectivity index (χ3n) is 2.56. The molecule has 1 aromatic carbocycles. The number of nitrogens with zero attached hydrogens (tertiary/aromatic N) is 2. The maximum Gasteiger partial charge on any atom is 0.336 e. The molecular weight excluding hydrogens is 236 g/mol. The molecule has 0 aliphatic heterocycles. The number of rotatable bonds is 3. The van der Waals surface area contributed by atoms with Crippen molar-refractivity contribution in [2.75, 3.05) is 0 Å². The first-order valence-corrected chi connectivity index (χ1v) is 5.09. The molecule has 6 nitrogen and oxygen atoms in total. The molecule has 0 spiro atoms. The van der Waals surface area contributed by atoms with Crippen molar-refractivity contribution in [3.63, 3.8) is 0 Å². The zero-order valence-corrected chi connectivity index (χ0v) is 9.49. The Morgan fingerprint density at radius 2 is 1.94 bits per heavy atom. The van der Waals surface area contributed by atoms with Crippen molar-refractivity contribution in [1.29, 1.82) is 0 Å². The molecule has 0 aliphatic rings. The molecular formula is C12H10N2O4. The average Bonchev–Trinajstić information content (AvgIpc) is 2.74. The summed E-state index contributed by atoms with van der Waals surface area (Å²) in [5.41, 5.74) is 0.335. The second kappa shape index (κ2) is 4.33. The van der Waals surface area contributed by atoms with Gasteiger partial charge in [0, 0.05) is 25.0 Å². The van der Waals surface area contributed by atoms with Gasteiger partial charge in [0.1, 0.15) is 5.82 Å². The minimum Gasteiger partial charge on any atom is -0.478 e. The van der Waals surface area contributed by atoms with Crippen LogP contribution in [0.15, 0.2) is 30.6 Å². The third-order valence-corrected chi connectivity index (χ3v) is 2.56. The molecule has 1 aromatic heterocycles. The summed E-state index contributed by atoms with van der Waals surface area (Å²) >= 11 is 0. The second-order valence-electron chi connectivity index (χ2n) is 3.73. The minimum atomic E-state index is -1.12. The Labute approximate surface area is 102 Å². The van der Waals surface area contributed by atoms with Crippen LogP contribution >= 0.6 is 0 Å². The highest BCUT2D eigenvalue weighted by Gasteiger charge is 2.17. The van der Waals surface area contributed by atoms with Crippen molar-refractivity contribution < 1.29 is 19.8 Å². The van der Waals surface area contributed by atoms with E-state index in [1.54, 1.807) is 17.8 Å². The number of hydrogen-bond acceptors (Lipinski definition) is 3. The molecule has 18 heavy (non-hydrogen) atoms. The highest BCUT2D eigenvalue weighted by molar-refractivity contribution is 5.98. The maximum absolute atomic E-state index is 11.1. The van der Waals surface area contributed by atoms with Crippen molar-refractivity contribution in [3.05, 3.63) is 41.7 Å². The first kappa shape index (κ1) is 11.8. The highest BCUT2D eigenvalue weighted by atomic mass is 16.4. The van der Waals surface area contributed by atoms with Gasteiger partial charge in [0.2, 0.25) is 0 Å². The van der Waals surface area contributed by atoms with Crippen molar-refractivity contribution in [3.8, 4) is 11.4 Å². The van der Waals surface area contributed by atoms with Crippen LogP contribution in [0.5, 0.6) is 0 Å². The molecule has 2 N–H and O–H groups in total. The molecule has 2 aromatic rings. The smallest absolute Gasteiger partial charge is 0.336 e. The number of carboxylic acid groups (broad SMARTS) is 2. The molecule has 0 fully saturated rings. The van der Waals surface area contributed by atoms with Crippen molar-refractivity contribution in [2.45, 2.75) is 0 Å². The minimum absolute atomic E-state index is 0.0225. The number of benzene rings is 1. The Morgan fingerprint density at radius 3 is 2.44 bits per heavy atom. The van der Waals surface area contributed by atoms with E-state index < -0.39 is 11.9 Å². The summed E-state index contributed by atoms with van der Waals surface area (Å²) in [5.74, 6) is -1.82. The molecule has 0 saturated carbocycles. The van der Waals surface area contributed by atoms with Gasteiger partial charge in [-0.05, 0) is 18.2 Å². The van der Waals surface area contributed by atoms with Gasteiger partial charge in [-0.25, -0.2) is 14.6 Å². The van der Waals surface area contributed by atoms with Gasteiger partial charge in [0.15, 0.2) is 0 Å². The monoisotopic (exact) mass is 246 g/mol. The van der Waals surface area contributed by atoms with Crippen LogP contribution in [0.4, 0.5) is 0 Å². The molecule has 6 heteroatoms. The summed E-state index contributed by atoms with van der Waals surface area (Å²) in [6.07, 6.45) is 3.18. The molecule has 2 rings (SSSR count). The molecule has 1 heterocycles. The van der Waals surface area contributed by atoms with E-state index in [-0.39, 0.29) is 16.7 Å². The summed E-state index contributed by atoms with van der Waals surface area (Å²) in [5, 5.41) is 18.0. The molecule has 92 valence electrons. The lowest BCUT2D eigenvalue weighted by atomic mass is 10.0. The van der Waals surface area contributed by atoms with Gasteiger partial charge < -0.3 is 14.8 Å². The van der Waals surface area contributed by atoms with E-state index in [2.05, 4.69) is 4.98 Å². The predicted molar refractivity (Wildman–Crippen MR) is 62.6 cm³/mol. The number of carboxylic acids is 2. The highest BCUT2D eigenvalue weighted by Crippen LogP contribution is 2.23. The van der Waals surface area contributed by atoms with Crippen LogP contribution < -0.4 is 0 Å². The van der Waals surface area contributed by atoms with Crippen molar-refractivity contribution >= 4 is 11.9 Å². The van der Waals surface area contributed by atoms with Crippen molar-refractivity contribution in [2.24, 2.45) is 7.05 Å². The number of aromatic nitrogens is 2. The molecule has 0 radical (unpaired) electrons. The van der Waals surface area contributed by atoms with Crippen LogP contribution in [0.1, 0.15) is 20.7 Å². The quantitative estimate of drug-likeness (QED) is 0.855. The fraction of sp³-hybridized carbons (Fsp3) is 0.0833. The maximum atomic E-state index is 11.1. The van der Waals surface area contributed by atoms with E-state index in [4.69, 9.17) is 10.2 Å². The number of aromatic carboxylic acids is 2. The topological polar surface area (TPSA) is 92.4 Å². The van der Waals surface area contributed by atoms with Crippen LogP contribution in [-0.4, -0.2) is 31.7 Å². The average molecular weight is 246 g/mol. The van der Waals surface area contributed by atoms with Crippen LogP contribution in [0.3, 0.4) is 0 Å². The summed E-state index contributed by atoms with van der Waals surface area (Å²) in [6.45, 7) is 0. The first-order valence-electron chi connectivity index (χ1n) is 5.09. The van der Waals surface area contributed by atoms with Crippen LogP contribution in [0, 0.1) is 0 Å². The fourth-order valence-electron chi connectivity index (χ4n) is 1.67. The first-order chi connectivity index (χ1) is 8.50. The van der Waals surface area contributed by atoms with Crippen LogP contribution in [0.25, 0.3) is 11.4 Å². The normalized spacial score (nSPS) is 10.3. The SMILES string of the molecule is Cn1ccnc1-c1cc(C(=O)O)ccc1C(=O)O. The molecule has 0 bridgehead atoms. The number of aryl methyl sites for hydroxylation is 1. The second-order valence-corrected chi connectivity index (χ2v) is 3.73. The Bertz CT molecular complexity index is 631. The third kappa shape index (κ3) is 1.95. The van der Waals surface area contributed by atoms with Gasteiger partial charge >= 0.3 is 11.9 Å². The zero-order valence-electron chi connectivity index (χ0n) is 9.49. The van der Waals surface area contributed by atoms with Gasteiger partial charge in [-0.2, -0.15) is 0 Å². The fourth-order valence-corrected chi connectivity index (χ4v) is 1.67. The van der Waals surface area contributed by atoms with E-state index >= 15 is 0 Å². The summed E-state index contributed by atoms with van der Waals surface area (Å²) < 4.78 is 1.63. The van der Waals surface area contributed by atoms with E-state index in [9.17, 15) is 9.59 Å².